The maximum absolute atomic E-state index is 9.25. The van der Waals surface area contributed by atoms with E-state index in [0.717, 1.165) is 39.8 Å². The SMILES string of the molecule is CN(CCO)c1ccc2c(c1)N(c1ccccc1)c1cc(N)ccc1N2. The molecule has 0 spiro atoms. The summed E-state index contributed by atoms with van der Waals surface area (Å²) in [6, 6.07) is 22.4. The minimum atomic E-state index is 0.119. The molecule has 1 aliphatic rings. The predicted molar refractivity (Wildman–Crippen MR) is 109 cm³/mol. The van der Waals surface area contributed by atoms with E-state index in [4.69, 9.17) is 5.73 Å². The van der Waals surface area contributed by atoms with Gasteiger partial charge < -0.3 is 26.0 Å². The number of anilines is 7. The first-order chi connectivity index (χ1) is 12.7. The molecule has 0 saturated carbocycles. The van der Waals surface area contributed by atoms with E-state index >= 15 is 0 Å². The summed E-state index contributed by atoms with van der Waals surface area (Å²) in [5.41, 5.74) is 13.0. The molecule has 26 heavy (non-hydrogen) atoms. The standard InChI is InChI=1S/C21H22N4O/c1-24(11-12-26)17-8-10-19-21(14-17)25(16-5-3-2-4-6-16)20-13-15(22)7-9-18(20)23-19/h2-10,13-14,23,26H,11-12,22H2,1H3. The topological polar surface area (TPSA) is 64.8 Å². The van der Waals surface area contributed by atoms with Crippen LogP contribution in [0.5, 0.6) is 0 Å². The highest BCUT2D eigenvalue weighted by Crippen LogP contribution is 2.49. The zero-order valence-electron chi connectivity index (χ0n) is 14.7. The van der Waals surface area contributed by atoms with E-state index in [1.807, 2.05) is 48.3 Å². The van der Waals surface area contributed by atoms with Crippen LogP contribution in [0.1, 0.15) is 0 Å². The number of benzene rings is 3. The minimum absolute atomic E-state index is 0.119. The molecule has 5 heteroatoms. The summed E-state index contributed by atoms with van der Waals surface area (Å²) < 4.78 is 0. The van der Waals surface area contributed by atoms with Gasteiger partial charge in [0.15, 0.2) is 0 Å². The maximum atomic E-state index is 9.25. The van der Waals surface area contributed by atoms with Crippen LogP contribution >= 0.6 is 0 Å². The summed E-state index contributed by atoms with van der Waals surface area (Å²) in [5.74, 6) is 0. The Bertz CT molecular complexity index is 927. The van der Waals surface area contributed by atoms with Gasteiger partial charge in [-0.3, -0.25) is 0 Å². The van der Waals surface area contributed by atoms with E-state index in [2.05, 4.69) is 40.5 Å². The molecule has 0 aromatic heterocycles. The number of rotatable bonds is 4. The summed E-state index contributed by atoms with van der Waals surface area (Å²) in [6.45, 7) is 0.703. The Kier molecular flexibility index (Phi) is 4.14. The van der Waals surface area contributed by atoms with Crippen molar-refractivity contribution in [3.05, 3.63) is 66.7 Å². The first-order valence-corrected chi connectivity index (χ1v) is 8.65. The van der Waals surface area contributed by atoms with Gasteiger partial charge in [0, 0.05) is 30.7 Å². The van der Waals surface area contributed by atoms with Gasteiger partial charge in [-0.15, -0.1) is 0 Å². The van der Waals surface area contributed by atoms with Crippen LogP contribution in [0.3, 0.4) is 0 Å². The Morgan fingerprint density at radius 2 is 1.65 bits per heavy atom. The molecule has 3 aromatic carbocycles. The van der Waals surface area contributed by atoms with Crippen molar-refractivity contribution >= 4 is 39.8 Å². The highest BCUT2D eigenvalue weighted by atomic mass is 16.3. The molecule has 0 radical (unpaired) electrons. The molecule has 0 bridgehead atoms. The molecule has 3 aromatic rings. The van der Waals surface area contributed by atoms with Gasteiger partial charge in [-0.05, 0) is 48.5 Å². The quantitative estimate of drug-likeness (QED) is 0.483. The Morgan fingerprint density at radius 1 is 0.962 bits per heavy atom. The van der Waals surface area contributed by atoms with E-state index in [1.165, 1.54) is 0 Å². The Balaban J connectivity index is 1.89. The van der Waals surface area contributed by atoms with Gasteiger partial charge in [-0.2, -0.15) is 0 Å². The summed E-state index contributed by atoms with van der Waals surface area (Å²) in [7, 11) is 1.98. The van der Waals surface area contributed by atoms with Crippen LogP contribution in [0.25, 0.3) is 0 Å². The van der Waals surface area contributed by atoms with Crippen molar-refractivity contribution in [1.82, 2.24) is 0 Å². The fourth-order valence-corrected chi connectivity index (χ4v) is 3.30. The fourth-order valence-electron chi connectivity index (χ4n) is 3.30. The minimum Gasteiger partial charge on any atom is -0.399 e. The summed E-state index contributed by atoms with van der Waals surface area (Å²) in [6.07, 6.45) is 0. The highest BCUT2D eigenvalue weighted by molar-refractivity contribution is 5.98. The van der Waals surface area contributed by atoms with Crippen molar-refractivity contribution in [1.29, 1.82) is 0 Å². The van der Waals surface area contributed by atoms with Crippen LogP contribution in [0.4, 0.5) is 39.8 Å². The van der Waals surface area contributed by atoms with Crippen LogP contribution in [-0.4, -0.2) is 25.3 Å². The normalized spacial score (nSPS) is 12.2. The number of nitrogens with zero attached hydrogens (tertiary/aromatic N) is 2. The van der Waals surface area contributed by atoms with Crippen LogP contribution in [0, 0.1) is 0 Å². The molecule has 1 aliphatic heterocycles. The van der Waals surface area contributed by atoms with Crippen LogP contribution in [0.2, 0.25) is 0 Å². The first-order valence-electron chi connectivity index (χ1n) is 8.65. The number of fused-ring (bicyclic) bond motifs is 2. The molecular formula is C21H22N4O. The van der Waals surface area contributed by atoms with Crippen molar-refractivity contribution in [2.75, 3.05) is 41.0 Å². The average Bonchev–Trinajstić information content (AvgIpc) is 2.66. The van der Waals surface area contributed by atoms with Crippen molar-refractivity contribution < 1.29 is 5.11 Å². The van der Waals surface area contributed by atoms with Gasteiger partial charge in [0.1, 0.15) is 0 Å². The van der Waals surface area contributed by atoms with E-state index in [9.17, 15) is 5.11 Å². The van der Waals surface area contributed by atoms with E-state index in [-0.39, 0.29) is 6.61 Å². The van der Waals surface area contributed by atoms with Crippen molar-refractivity contribution in [3.63, 3.8) is 0 Å². The molecule has 0 atom stereocenters. The molecule has 5 nitrogen and oxygen atoms in total. The van der Waals surface area contributed by atoms with Crippen LogP contribution in [-0.2, 0) is 0 Å². The van der Waals surface area contributed by atoms with Gasteiger partial charge in [-0.25, -0.2) is 0 Å². The Hall–Kier alpha value is -3.18. The third-order valence-electron chi connectivity index (χ3n) is 4.64. The predicted octanol–water partition coefficient (Wildman–Crippen LogP) is 4.22. The number of para-hydroxylation sites is 1. The zero-order chi connectivity index (χ0) is 18.1. The molecule has 0 amide bonds. The number of nitrogens with one attached hydrogen (secondary N) is 1. The third-order valence-corrected chi connectivity index (χ3v) is 4.64. The summed E-state index contributed by atoms with van der Waals surface area (Å²) in [5, 5.41) is 12.7. The van der Waals surface area contributed by atoms with E-state index in [0.29, 0.717) is 6.54 Å². The van der Waals surface area contributed by atoms with Crippen molar-refractivity contribution in [2.24, 2.45) is 0 Å². The third kappa shape index (κ3) is 2.82. The number of likely N-dealkylation sites (N-methyl/N-ethyl adjacent to an activating group) is 1. The second-order valence-electron chi connectivity index (χ2n) is 6.42. The Morgan fingerprint density at radius 3 is 2.38 bits per heavy atom. The second kappa shape index (κ2) is 6.61. The lowest BCUT2D eigenvalue weighted by Crippen LogP contribution is -2.23. The number of nitrogens with two attached hydrogens (primary N) is 1. The number of nitrogen functional groups attached to an aromatic ring is 1. The zero-order valence-corrected chi connectivity index (χ0v) is 14.7. The number of hydrogen-bond donors (Lipinski definition) is 3. The fraction of sp³-hybridized carbons (Fsp3) is 0.143. The maximum Gasteiger partial charge on any atom is 0.0718 e. The van der Waals surface area contributed by atoms with Gasteiger partial charge in [-0.1, -0.05) is 18.2 Å². The molecule has 1 heterocycles. The average molecular weight is 346 g/mol. The van der Waals surface area contributed by atoms with E-state index < -0.39 is 0 Å². The van der Waals surface area contributed by atoms with Crippen LogP contribution in [0.15, 0.2) is 66.7 Å². The second-order valence-corrected chi connectivity index (χ2v) is 6.42. The molecule has 0 fully saturated rings. The van der Waals surface area contributed by atoms with Crippen LogP contribution < -0.4 is 20.9 Å². The molecule has 0 saturated heterocycles. The molecule has 4 rings (SSSR count). The molecule has 0 unspecified atom stereocenters. The smallest absolute Gasteiger partial charge is 0.0718 e. The monoisotopic (exact) mass is 346 g/mol. The molecule has 0 aliphatic carbocycles. The first kappa shape index (κ1) is 16.3. The molecular weight excluding hydrogens is 324 g/mol. The number of aliphatic hydroxyl groups excluding tert-OH is 1. The summed E-state index contributed by atoms with van der Waals surface area (Å²) in [4.78, 5) is 4.26. The van der Waals surface area contributed by atoms with Crippen molar-refractivity contribution in [2.45, 2.75) is 0 Å². The molecule has 132 valence electrons. The number of aliphatic hydroxyl groups is 1. The summed E-state index contributed by atoms with van der Waals surface area (Å²) >= 11 is 0. The lowest BCUT2D eigenvalue weighted by molar-refractivity contribution is 0.304. The Labute approximate surface area is 153 Å². The lowest BCUT2D eigenvalue weighted by Gasteiger charge is -2.35. The van der Waals surface area contributed by atoms with Gasteiger partial charge in [0.25, 0.3) is 0 Å². The van der Waals surface area contributed by atoms with Gasteiger partial charge >= 0.3 is 0 Å². The largest absolute Gasteiger partial charge is 0.399 e. The van der Waals surface area contributed by atoms with E-state index in [1.54, 1.807) is 0 Å². The van der Waals surface area contributed by atoms with Crippen molar-refractivity contribution in [3.8, 4) is 0 Å². The highest BCUT2D eigenvalue weighted by Gasteiger charge is 2.24. The number of hydrogen-bond acceptors (Lipinski definition) is 5. The lowest BCUT2D eigenvalue weighted by atomic mass is 10.1. The van der Waals surface area contributed by atoms with Gasteiger partial charge in [0.05, 0.1) is 29.4 Å². The molecule has 4 N–H and O–H groups in total. The van der Waals surface area contributed by atoms with Gasteiger partial charge in [0.2, 0.25) is 0 Å².